The summed E-state index contributed by atoms with van der Waals surface area (Å²) < 4.78 is 39.0. The largest absolute Gasteiger partial charge is 0.573 e. The van der Waals surface area contributed by atoms with Gasteiger partial charge in [-0.15, -0.1) is 13.2 Å². The molecule has 0 radical (unpaired) electrons. The number of halogens is 4. The second kappa shape index (κ2) is 4.40. The third kappa shape index (κ3) is 3.19. The Morgan fingerprint density at radius 3 is 2.25 bits per heavy atom. The van der Waals surface area contributed by atoms with Crippen LogP contribution in [0, 0.1) is 0 Å². The maximum atomic E-state index is 11.8. The van der Waals surface area contributed by atoms with Gasteiger partial charge in [0, 0.05) is 16.6 Å². The first-order valence-corrected chi connectivity index (χ1v) is 4.23. The smallest absolute Gasteiger partial charge is 0.504 e. The first kappa shape index (κ1) is 13.0. The minimum Gasteiger partial charge on any atom is -0.504 e. The highest BCUT2D eigenvalue weighted by Crippen LogP contribution is 2.32. The molecule has 0 bridgehead atoms. The molecule has 88 valence electrons. The summed E-state index contributed by atoms with van der Waals surface area (Å²) in [5.41, 5.74) is -0.325. The SMILES string of the molecule is OB(O)c1cc(O)c(OC(F)(F)F)cc1Cl. The summed E-state index contributed by atoms with van der Waals surface area (Å²) in [6, 6.07) is 1.31. The molecule has 0 saturated carbocycles. The molecule has 1 aromatic rings. The number of aromatic hydroxyl groups is 1. The molecule has 0 spiro atoms. The Labute approximate surface area is 93.0 Å². The highest BCUT2D eigenvalue weighted by atomic mass is 35.5. The normalized spacial score (nSPS) is 11.4. The summed E-state index contributed by atoms with van der Waals surface area (Å²) in [4.78, 5) is 0. The summed E-state index contributed by atoms with van der Waals surface area (Å²) in [5.74, 6) is -1.81. The Kier molecular flexibility index (Phi) is 3.56. The van der Waals surface area contributed by atoms with Gasteiger partial charge < -0.3 is 19.9 Å². The van der Waals surface area contributed by atoms with Gasteiger partial charge in [-0.2, -0.15) is 0 Å². The fraction of sp³-hybridized carbons (Fsp3) is 0.143. The number of ether oxygens (including phenoxy) is 1. The van der Waals surface area contributed by atoms with E-state index in [1.165, 1.54) is 0 Å². The molecule has 0 aliphatic heterocycles. The zero-order valence-electron chi connectivity index (χ0n) is 7.49. The van der Waals surface area contributed by atoms with E-state index in [2.05, 4.69) is 4.74 Å². The standard InChI is InChI=1S/C7H5BClF3O4/c9-4-2-6(16-7(10,11)12)5(13)1-3(4)8(14)15/h1-2,13-15H. The van der Waals surface area contributed by atoms with Gasteiger partial charge in [-0.1, -0.05) is 11.6 Å². The van der Waals surface area contributed by atoms with Gasteiger partial charge in [0.15, 0.2) is 11.5 Å². The number of hydrogen-bond donors (Lipinski definition) is 3. The fourth-order valence-corrected chi connectivity index (χ4v) is 1.22. The lowest BCUT2D eigenvalue weighted by molar-refractivity contribution is -0.275. The van der Waals surface area contributed by atoms with Gasteiger partial charge in [-0.05, 0) is 6.07 Å². The third-order valence-electron chi connectivity index (χ3n) is 1.58. The fourth-order valence-electron chi connectivity index (χ4n) is 0.964. The van der Waals surface area contributed by atoms with Gasteiger partial charge in [-0.25, -0.2) is 0 Å². The molecule has 0 fully saturated rings. The van der Waals surface area contributed by atoms with Gasteiger partial charge >= 0.3 is 13.5 Å². The molecule has 0 heterocycles. The molecule has 0 amide bonds. The summed E-state index contributed by atoms with van der Waals surface area (Å²) in [6.45, 7) is 0. The van der Waals surface area contributed by atoms with E-state index in [9.17, 15) is 13.2 Å². The minimum atomic E-state index is -4.97. The van der Waals surface area contributed by atoms with E-state index in [0.29, 0.717) is 12.1 Å². The monoisotopic (exact) mass is 256 g/mol. The number of hydrogen-bond acceptors (Lipinski definition) is 4. The van der Waals surface area contributed by atoms with Crippen LogP contribution >= 0.6 is 11.6 Å². The van der Waals surface area contributed by atoms with Crippen molar-refractivity contribution in [1.82, 2.24) is 0 Å². The molecule has 16 heavy (non-hydrogen) atoms. The quantitative estimate of drug-likeness (QED) is 0.679. The molecule has 9 heteroatoms. The number of benzene rings is 1. The highest BCUT2D eigenvalue weighted by molar-refractivity contribution is 6.62. The predicted molar refractivity (Wildman–Crippen MR) is 49.6 cm³/mol. The summed E-state index contributed by atoms with van der Waals surface area (Å²) in [6.07, 6.45) is -4.97. The maximum Gasteiger partial charge on any atom is 0.573 e. The molecule has 0 atom stereocenters. The Morgan fingerprint density at radius 2 is 1.81 bits per heavy atom. The van der Waals surface area contributed by atoms with Crippen LogP contribution in [0.25, 0.3) is 0 Å². The van der Waals surface area contributed by atoms with E-state index in [1.807, 2.05) is 0 Å². The molecule has 1 aromatic carbocycles. The molecule has 1 rings (SSSR count). The molecule has 0 aliphatic rings. The van der Waals surface area contributed by atoms with Gasteiger partial charge in [-0.3, -0.25) is 0 Å². The number of phenolic OH excluding ortho intramolecular Hbond substituents is 1. The van der Waals surface area contributed by atoms with Gasteiger partial charge in [0.05, 0.1) is 0 Å². The van der Waals surface area contributed by atoms with Crippen molar-refractivity contribution in [2.75, 3.05) is 0 Å². The summed E-state index contributed by atoms with van der Waals surface area (Å²) in [5, 5.41) is 26.3. The van der Waals surface area contributed by atoms with Crippen molar-refractivity contribution < 1.29 is 33.1 Å². The number of phenols is 1. The average molecular weight is 256 g/mol. The Balaban J connectivity index is 3.11. The van der Waals surface area contributed by atoms with Crippen molar-refractivity contribution in [1.29, 1.82) is 0 Å². The minimum absolute atomic E-state index is 0.325. The molecular formula is C7H5BClF3O4. The van der Waals surface area contributed by atoms with Gasteiger partial charge in [0.2, 0.25) is 0 Å². The summed E-state index contributed by atoms with van der Waals surface area (Å²) >= 11 is 5.45. The van der Waals surface area contributed by atoms with E-state index in [1.54, 1.807) is 0 Å². The molecule has 4 nitrogen and oxygen atoms in total. The second-order valence-electron chi connectivity index (χ2n) is 2.76. The van der Waals surface area contributed by atoms with E-state index in [0.717, 1.165) is 0 Å². The maximum absolute atomic E-state index is 11.8. The van der Waals surface area contributed by atoms with Crippen LogP contribution in [0.3, 0.4) is 0 Å². The zero-order chi connectivity index (χ0) is 12.5. The molecular weight excluding hydrogens is 251 g/mol. The molecule has 0 unspecified atom stereocenters. The third-order valence-corrected chi connectivity index (χ3v) is 1.91. The van der Waals surface area contributed by atoms with E-state index >= 15 is 0 Å². The zero-order valence-corrected chi connectivity index (χ0v) is 8.25. The van der Waals surface area contributed by atoms with E-state index in [4.69, 9.17) is 26.8 Å². The second-order valence-corrected chi connectivity index (χ2v) is 3.17. The molecule has 0 aliphatic carbocycles. The Morgan fingerprint density at radius 1 is 1.25 bits per heavy atom. The topological polar surface area (TPSA) is 69.9 Å². The van der Waals surface area contributed by atoms with Crippen LogP contribution in [0.15, 0.2) is 12.1 Å². The van der Waals surface area contributed by atoms with E-state index in [-0.39, 0.29) is 10.5 Å². The first-order chi connectivity index (χ1) is 7.20. The van der Waals surface area contributed by atoms with Crippen LogP contribution in [0.1, 0.15) is 0 Å². The van der Waals surface area contributed by atoms with Crippen molar-refractivity contribution in [3.05, 3.63) is 17.2 Å². The van der Waals surface area contributed by atoms with Crippen LogP contribution in [0.4, 0.5) is 13.2 Å². The lowest BCUT2D eigenvalue weighted by Crippen LogP contribution is -2.31. The Bertz CT molecular complexity index is 396. The van der Waals surface area contributed by atoms with Crippen molar-refractivity contribution in [3.63, 3.8) is 0 Å². The predicted octanol–water partition coefficient (Wildman–Crippen LogP) is 0.624. The van der Waals surface area contributed by atoms with Gasteiger partial charge in [0.25, 0.3) is 0 Å². The van der Waals surface area contributed by atoms with Crippen LogP contribution < -0.4 is 10.2 Å². The molecule has 0 saturated heterocycles. The van der Waals surface area contributed by atoms with Crippen LogP contribution in [0.2, 0.25) is 5.02 Å². The van der Waals surface area contributed by atoms with Crippen molar-refractivity contribution >= 4 is 24.2 Å². The highest BCUT2D eigenvalue weighted by Gasteiger charge is 2.33. The lowest BCUT2D eigenvalue weighted by atomic mass is 9.80. The first-order valence-electron chi connectivity index (χ1n) is 3.85. The van der Waals surface area contributed by atoms with Crippen LogP contribution in [-0.2, 0) is 0 Å². The van der Waals surface area contributed by atoms with Crippen LogP contribution in [0.5, 0.6) is 11.5 Å². The van der Waals surface area contributed by atoms with Crippen molar-refractivity contribution in [3.8, 4) is 11.5 Å². The number of alkyl halides is 3. The number of rotatable bonds is 2. The van der Waals surface area contributed by atoms with Crippen molar-refractivity contribution in [2.45, 2.75) is 6.36 Å². The van der Waals surface area contributed by atoms with Crippen LogP contribution in [-0.4, -0.2) is 28.6 Å². The van der Waals surface area contributed by atoms with Crippen molar-refractivity contribution in [2.24, 2.45) is 0 Å². The summed E-state index contributed by atoms with van der Waals surface area (Å²) in [7, 11) is -2.00. The Hall–Kier alpha value is -1.12. The molecule has 0 aromatic heterocycles. The lowest BCUT2D eigenvalue weighted by Gasteiger charge is -2.12. The molecule has 3 N–H and O–H groups in total. The van der Waals surface area contributed by atoms with Gasteiger partial charge in [0.1, 0.15) is 0 Å². The van der Waals surface area contributed by atoms with E-state index < -0.39 is 25.0 Å². The average Bonchev–Trinajstić information content (AvgIpc) is 2.07.